The average Bonchev–Trinajstić information content (AvgIpc) is 2.87. The Hall–Kier alpha value is -1.21. The van der Waals surface area contributed by atoms with Crippen molar-refractivity contribution in [2.24, 2.45) is 0 Å². The molecule has 108 valence electrons. The molecular weight excluding hydrogens is 298 g/mol. The summed E-state index contributed by atoms with van der Waals surface area (Å²) in [6.45, 7) is 2.27. The summed E-state index contributed by atoms with van der Waals surface area (Å²) in [5.41, 5.74) is 3.57. The lowest BCUT2D eigenvalue weighted by molar-refractivity contribution is -0.119. The molecule has 2 N–H and O–H groups in total. The second-order valence-electron chi connectivity index (χ2n) is 4.48. The van der Waals surface area contributed by atoms with Crippen LogP contribution in [0.15, 0.2) is 23.7 Å². The van der Waals surface area contributed by atoms with E-state index >= 15 is 0 Å². The van der Waals surface area contributed by atoms with Gasteiger partial charge in [0.1, 0.15) is 0 Å². The van der Waals surface area contributed by atoms with Crippen molar-refractivity contribution in [3.05, 3.63) is 23.7 Å². The molecule has 20 heavy (non-hydrogen) atoms. The highest BCUT2D eigenvalue weighted by Crippen LogP contribution is 2.22. The second-order valence-corrected chi connectivity index (χ2v) is 5.37. The number of amides is 1. The normalized spacial score (nSPS) is 18.5. The summed E-state index contributed by atoms with van der Waals surface area (Å²) in [5.74, 6) is -0.0161. The minimum absolute atomic E-state index is 0. The van der Waals surface area contributed by atoms with Gasteiger partial charge >= 0.3 is 0 Å². The zero-order valence-electron chi connectivity index (χ0n) is 10.8. The second kappa shape index (κ2) is 6.99. The van der Waals surface area contributed by atoms with Gasteiger partial charge in [0.25, 0.3) is 0 Å². The van der Waals surface area contributed by atoms with Crippen molar-refractivity contribution in [1.82, 2.24) is 10.3 Å². The number of anilines is 1. The Kier molecular flexibility index (Phi) is 5.31. The third-order valence-electron chi connectivity index (χ3n) is 3.03. The molecule has 0 saturated carbocycles. The molecule has 1 atom stereocenters. The fourth-order valence-electron chi connectivity index (χ4n) is 2.10. The van der Waals surface area contributed by atoms with Crippen LogP contribution in [0.3, 0.4) is 0 Å². The van der Waals surface area contributed by atoms with Crippen molar-refractivity contribution in [2.75, 3.05) is 25.0 Å². The van der Waals surface area contributed by atoms with E-state index in [9.17, 15) is 4.79 Å². The molecule has 1 aromatic carbocycles. The lowest BCUT2D eigenvalue weighted by atomic mass is 10.2. The number of morpholine rings is 1. The molecule has 1 aromatic heterocycles. The highest BCUT2D eigenvalue weighted by molar-refractivity contribution is 7.16. The maximum atomic E-state index is 11.9. The molecule has 0 radical (unpaired) electrons. The van der Waals surface area contributed by atoms with Crippen LogP contribution >= 0.6 is 23.7 Å². The highest BCUT2D eigenvalue weighted by Gasteiger charge is 2.17. The Morgan fingerprint density at radius 3 is 3.25 bits per heavy atom. The number of carbonyl (C=O) groups is 1. The van der Waals surface area contributed by atoms with Crippen LogP contribution in [0.2, 0.25) is 0 Å². The van der Waals surface area contributed by atoms with Crippen molar-refractivity contribution in [1.29, 1.82) is 0 Å². The van der Waals surface area contributed by atoms with Crippen LogP contribution in [0.25, 0.3) is 10.2 Å². The molecule has 3 rings (SSSR count). The van der Waals surface area contributed by atoms with Gasteiger partial charge in [-0.2, -0.15) is 0 Å². The van der Waals surface area contributed by atoms with E-state index in [4.69, 9.17) is 4.74 Å². The number of ether oxygens (including phenoxy) is 1. The SMILES string of the molecule is Cl.O=C(CC1CNCCO1)Nc1ccc2ncsc2c1. The number of aromatic nitrogens is 1. The van der Waals surface area contributed by atoms with E-state index in [1.54, 1.807) is 16.8 Å². The van der Waals surface area contributed by atoms with E-state index < -0.39 is 0 Å². The molecule has 1 saturated heterocycles. The molecular formula is C13H16ClN3O2S. The number of carbonyl (C=O) groups excluding carboxylic acids is 1. The number of rotatable bonds is 3. The fraction of sp³-hybridized carbons (Fsp3) is 0.385. The third-order valence-corrected chi connectivity index (χ3v) is 3.82. The standard InChI is InChI=1S/C13H15N3O2S.ClH/c17-13(6-10-7-14-3-4-18-10)16-9-1-2-11-12(5-9)19-8-15-11;/h1-2,5,8,10,14H,3-4,6-7H2,(H,16,17);1H. The summed E-state index contributed by atoms with van der Waals surface area (Å²) in [7, 11) is 0. The Labute approximate surface area is 127 Å². The van der Waals surface area contributed by atoms with E-state index in [1.165, 1.54) is 0 Å². The van der Waals surface area contributed by atoms with Crippen molar-refractivity contribution in [3.8, 4) is 0 Å². The molecule has 2 aromatic rings. The minimum Gasteiger partial charge on any atom is -0.375 e. The summed E-state index contributed by atoms with van der Waals surface area (Å²) >= 11 is 1.57. The van der Waals surface area contributed by atoms with Gasteiger partial charge in [0.2, 0.25) is 5.91 Å². The van der Waals surface area contributed by atoms with Gasteiger partial charge in [0, 0.05) is 18.8 Å². The smallest absolute Gasteiger partial charge is 0.227 e. The number of halogens is 1. The van der Waals surface area contributed by atoms with Gasteiger partial charge in [0.05, 0.1) is 34.9 Å². The summed E-state index contributed by atoms with van der Waals surface area (Å²) in [6, 6.07) is 5.74. The first-order valence-corrected chi connectivity index (χ1v) is 7.14. The van der Waals surface area contributed by atoms with Crippen molar-refractivity contribution in [2.45, 2.75) is 12.5 Å². The van der Waals surface area contributed by atoms with Gasteiger partial charge < -0.3 is 15.4 Å². The number of nitrogens with zero attached hydrogens (tertiary/aromatic N) is 1. The van der Waals surface area contributed by atoms with Crippen LogP contribution in [0.5, 0.6) is 0 Å². The predicted molar refractivity (Wildman–Crippen MR) is 82.7 cm³/mol. The van der Waals surface area contributed by atoms with Gasteiger partial charge in [-0.25, -0.2) is 4.98 Å². The van der Waals surface area contributed by atoms with Crippen LogP contribution in [-0.4, -0.2) is 36.7 Å². The number of thiazole rings is 1. The van der Waals surface area contributed by atoms with Crippen LogP contribution in [0, 0.1) is 0 Å². The molecule has 1 unspecified atom stereocenters. The minimum atomic E-state index is -0.0270. The van der Waals surface area contributed by atoms with Crippen LogP contribution in [0.1, 0.15) is 6.42 Å². The van der Waals surface area contributed by atoms with E-state index in [0.717, 1.165) is 29.0 Å². The molecule has 1 aliphatic rings. The zero-order chi connectivity index (χ0) is 13.1. The van der Waals surface area contributed by atoms with E-state index in [2.05, 4.69) is 15.6 Å². The molecule has 0 aliphatic carbocycles. The average molecular weight is 314 g/mol. The number of benzene rings is 1. The maximum Gasteiger partial charge on any atom is 0.227 e. The van der Waals surface area contributed by atoms with Gasteiger partial charge in [-0.15, -0.1) is 23.7 Å². The Bertz CT molecular complexity index is 584. The van der Waals surface area contributed by atoms with E-state index in [0.29, 0.717) is 13.0 Å². The highest BCUT2D eigenvalue weighted by atomic mass is 35.5. The van der Waals surface area contributed by atoms with E-state index in [1.807, 2.05) is 18.2 Å². The van der Waals surface area contributed by atoms with Crippen molar-refractivity contribution < 1.29 is 9.53 Å². The topological polar surface area (TPSA) is 63.2 Å². The predicted octanol–water partition coefficient (Wildman–Crippen LogP) is 2.04. The number of hydrogen-bond donors (Lipinski definition) is 2. The van der Waals surface area contributed by atoms with Crippen LogP contribution in [-0.2, 0) is 9.53 Å². The Balaban J connectivity index is 0.00000147. The molecule has 0 bridgehead atoms. The first kappa shape index (κ1) is 15.2. The quantitative estimate of drug-likeness (QED) is 0.910. The number of fused-ring (bicyclic) bond motifs is 1. The summed E-state index contributed by atoms with van der Waals surface area (Å²) in [4.78, 5) is 16.1. The molecule has 0 spiro atoms. The van der Waals surface area contributed by atoms with Crippen LogP contribution in [0.4, 0.5) is 5.69 Å². The zero-order valence-corrected chi connectivity index (χ0v) is 12.4. The first-order chi connectivity index (χ1) is 9.31. The van der Waals surface area contributed by atoms with Gasteiger partial charge in [-0.05, 0) is 18.2 Å². The molecule has 7 heteroatoms. The summed E-state index contributed by atoms with van der Waals surface area (Å²) < 4.78 is 6.59. The van der Waals surface area contributed by atoms with Gasteiger partial charge in [0.15, 0.2) is 0 Å². The fourth-order valence-corrected chi connectivity index (χ4v) is 2.82. The number of nitrogens with one attached hydrogen (secondary N) is 2. The van der Waals surface area contributed by atoms with Gasteiger partial charge in [-0.3, -0.25) is 4.79 Å². The molecule has 1 aliphatic heterocycles. The molecule has 1 fully saturated rings. The maximum absolute atomic E-state index is 11.9. The summed E-state index contributed by atoms with van der Waals surface area (Å²) in [6.07, 6.45) is 0.356. The third kappa shape index (κ3) is 3.67. The van der Waals surface area contributed by atoms with Crippen molar-refractivity contribution >= 4 is 45.6 Å². The Morgan fingerprint density at radius 1 is 1.55 bits per heavy atom. The summed E-state index contributed by atoms with van der Waals surface area (Å²) in [5, 5.41) is 6.12. The Morgan fingerprint density at radius 2 is 2.45 bits per heavy atom. The molecule has 5 nitrogen and oxygen atoms in total. The molecule has 2 heterocycles. The molecule has 1 amide bonds. The van der Waals surface area contributed by atoms with E-state index in [-0.39, 0.29) is 24.4 Å². The first-order valence-electron chi connectivity index (χ1n) is 6.27. The largest absolute Gasteiger partial charge is 0.375 e. The lowest BCUT2D eigenvalue weighted by Gasteiger charge is -2.23. The number of hydrogen-bond acceptors (Lipinski definition) is 5. The lowest BCUT2D eigenvalue weighted by Crippen LogP contribution is -2.40. The van der Waals surface area contributed by atoms with Crippen LogP contribution < -0.4 is 10.6 Å². The monoisotopic (exact) mass is 313 g/mol. The van der Waals surface area contributed by atoms with Crippen molar-refractivity contribution in [3.63, 3.8) is 0 Å². The van der Waals surface area contributed by atoms with Gasteiger partial charge in [-0.1, -0.05) is 0 Å².